The van der Waals surface area contributed by atoms with Gasteiger partial charge in [0.2, 0.25) is 0 Å². The highest BCUT2D eigenvalue weighted by Crippen LogP contribution is 2.17. The average Bonchev–Trinajstić information content (AvgIpc) is 2.78. The van der Waals surface area contributed by atoms with Gasteiger partial charge in [0.25, 0.3) is 5.19 Å². The maximum absolute atomic E-state index is 5.44. The largest absolute Gasteiger partial charge is 0.469 e. The number of pyridine rings is 1. The van der Waals surface area contributed by atoms with Gasteiger partial charge in [-0.05, 0) is 12.1 Å². The van der Waals surface area contributed by atoms with Crippen LogP contribution >= 0.6 is 11.3 Å². The Hall–Kier alpha value is -1.53. The summed E-state index contributed by atoms with van der Waals surface area (Å²) >= 11 is 1.38. The van der Waals surface area contributed by atoms with Gasteiger partial charge in [-0.15, -0.1) is 10.2 Å². The molecule has 0 amide bonds. The molecule has 6 heteroatoms. The zero-order valence-electron chi connectivity index (χ0n) is 8.67. The Balaban J connectivity index is 1.80. The second-order valence-corrected chi connectivity index (χ2v) is 4.11. The average molecular weight is 236 g/mol. The Bertz CT molecular complexity index is 431. The monoisotopic (exact) mass is 236 g/mol. The van der Waals surface area contributed by atoms with Crippen LogP contribution in [-0.2, 0) is 13.0 Å². The molecule has 0 fully saturated rings. The Kier molecular flexibility index (Phi) is 3.79. The van der Waals surface area contributed by atoms with Crippen LogP contribution in [0, 0.1) is 0 Å². The van der Waals surface area contributed by atoms with Gasteiger partial charge >= 0.3 is 0 Å². The summed E-state index contributed by atoms with van der Waals surface area (Å²) in [5.41, 5.74) is 6.43. The van der Waals surface area contributed by atoms with E-state index in [0.717, 1.165) is 17.1 Å². The molecule has 0 aliphatic heterocycles. The second-order valence-electron chi connectivity index (χ2n) is 3.09. The molecular formula is C10H12N4OS. The molecular weight excluding hydrogens is 224 g/mol. The first-order valence-electron chi connectivity index (χ1n) is 4.93. The summed E-state index contributed by atoms with van der Waals surface area (Å²) in [5.74, 6) is 0. The summed E-state index contributed by atoms with van der Waals surface area (Å²) in [6, 6.07) is 5.82. The SMILES string of the molecule is NCc1nnc(OCCc2ccccn2)s1. The standard InChI is InChI=1S/C10H12N4OS/c11-7-9-13-14-10(16-9)15-6-4-8-3-1-2-5-12-8/h1-3,5H,4,6-7,11H2. The van der Waals surface area contributed by atoms with Crippen LogP contribution in [-0.4, -0.2) is 21.8 Å². The molecule has 0 radical (unpaired) electrons. The van der Waals surface area contributed by atoms with Gasteiger partial charge in [0.05, 0.1) is 6.61 Å². The van der Waals surface area contributed by atoms with Gasteiger partial charge in [0.1, 0.15) is 5.01 Å². The van der Waals surface area contributed by atoms with Gasteiger partial charge in [-0.2, -0.15) is 0 Å². The predicted molar refractivity (Wildman–Crippen MR) is 61.2 cm³/mol. The van der Waals surface area contributed by atoms with Crippen molar-refractivity contribution in [1.29, 1.82) is 0 Å². The minimum absolute atomic E-state index is 0.404. The van der Waals surface area contributed by atoms with Gasteiger partial charge < -0.3 is 10.5 Å². The third-order valence-corrected chi connectivity index (χ3v) is 2.79. The van der Waals surface area contributed by atoms with E-state index in [4.69, 9.17) is 10.5 Å². The number of hydrogen-bond acceptors (Lipinski definition) is 6. The lowest BCUT2D eigenvalue weighted by atomic mass is 10.3. The van der Waals surface area contributed by atoms with Crippen molar-refractivity contribution in [2.45, 2.75) is 13.0 Å². The van der Waals surface area contributed by atoms with Crippen LogP contribution in [0.1, 0.15) is 10.7 Å². The van der Waals surface area contributed by atoms with E-state index >= 15 is 0 Å². The third kappa shape index (κ3) is 2.98. The lowest BCUT2D eigenvalue weighted by molar-refractivity contribution is 0.316. The normalized spacial score (nSPS) is 10.3. The number of ether oxygens (including phenoxy) is 1. The van der Waals surface area contributed by atoms with Gasteiger partial charge in [0, 0.05) is 24.9 Å². The Labute approximate surface area is 97.3 Å². The zero-order chi connectivity index (χ0) is 11.2. The summed E-state index contributed by atoms with van der Waals surface area (Å²) in [5, 5.41) is 9.08. The Morgan fingerprint density at radius 3 is 2.94 bits per heavy atom. The Morgan fingerprint density at radius 2 is 2.25 bits per heavy atom. The molecule has 2 aromatic heterocycles. The molecule has 0 saturated carbocycles. The fourth-order valence-electron chi connectivity index (χ4n) is 1.17. The Morgan fingerprint density at radius 1 is 1.31 bits per heavy atom. The third-order valence-electron chi connectivity index (χ3n) is 1.93. The van der Waals surface area contributed by atoms with Crippen molar-refractivity contribution in [2.75, 3.05) is 6.61 Å². The van der Waals surface area contributed by atoms with Crippen LogP contribution in [0.15, 0.2) is 24.4 Å². The summed E-state index contributed by atoms with van der Waals surface area (Å²) in [6.07, 6.45) is 2.53. The zero-order valence-corrected chi connectivity index (χ0v) is 9.48. The molecule has 0 atom stereocenters. The molecule has 0 bridgehead atoms. The maximum Gasteiger partial charge on any atom is 0.294 e. The van der Waals surface area contributed by atoms with E-state index in [9.17, 15) is 0 Å². The lowest BCUT2D eigenvalue weighted by Crippen LogP contribution is -2.02. The second kappa shape index (κ2) is 5.53. The van der Waals surface area contributed by atoms with E-state index < -0.39 is 0 Å². The van der Waals surface area contributed by atoms with Crippen LogP contribution in [0.5, 0.6) is 5.19 Å². The highest BCUT2D eigenvalue weighted by atomic mass is 32.1. The maximum atomic E-state index is 5.44. The molecule has 0 saturated heterocycles. The van der Waals surface area contributed by atoms with Crippen molar-refractivity contribution in [1.82, 2.24) is 15.2 Å². The molecule has 0 spiro atoms. The van der Waals surface area contributed by atoms with Crippen LogP contribution < -0.4 is 10.5 Å². The van der Waals surface area contributed by atoms with Crippen LogP contribution in [0.2, 0.25) is 0 Å². The first-order chi connectivity index (χ1) is 7.88. The number of nitrogens with zero attached hydrogens (tertiary/aromatic N) is 3. The minimum Gasteiger partial charge on any atom is -0.469 e. The molecule has 2 heterocycles. The number of hydrogen-bond donors (Lipinski definition) is 1. The van der Waals surface area contributed by atoms with E-state index in [1.54, 1.807) is 6.20 Å². The van der Waals surface area contributed by atoms with E-state index in [0.29, 0.717) is 18.3 Å². The van der Waals surface area contributed by atoms with E-state index in [2.05, 4.69) is 15.2 Å². The number of nitrogens with two attached hydrogens (primary N) is 1. The van der Waals surface area contributed by atoms with E-state index in [1.807, 2.05) is 18.2 Å². The highest BCUT2D eigenvalue weighted by molar-refractivity contribution is 7.13. The predicted octanol–water partition coefficient (Wildman–Crippen LogP) is 1.01. The molecule has 2 aromatic rings. The summed E-state index contributed by atoms with van der Waals surface area (Å²) in [6.45, 7) is 0.956. The molecule has 2 rings (SSSR count). The molecule has 0 unspecified atom stereocenters. The van der Waals surface area contributed by atoms with Crippen molar-refractivity contribution in [3.63, 3.8) is 0 Å². The van der Waals surface area contributed by atoms with Crippen molar-refractivity contribution in [2.24, 2.45) is 5.73 Å². The molecule has 0 aliphatic rings. The minimum atomic E-state index is 0.404. The lowest BCUT2D eigenvalue weighted by Gasteiger charge is -2.00. The fourth-order valence-corrected chi connectivity index (χ4v) is 1.76. The van der Waals surface area contributed by atoms with Crippen molar-refractivity contribution < 1.29 is 4.74 Å². The van der Waals surface area contributed by atoms with Crippen molar-refractivity contribution in [3.05, 3.63) is 35.1 Å². The highest BCUT2D eigenvalue weighted by Gasteiger charge is 2.03. The van der Waals surface area contributed by atoms with Gasteiger partial charge in [0.15, 0.2) is 0 Å². The summed E-state index contributed by atoms with van der Waals surface area (Å²) in [7, 11) is 0. The smallest absolute Gasteiger partial charge is 0.294 e. The summed E-state index contributed by atoms with van der Waals surface area (Å²) < 4.78 is 5.44. The van der Waals surface area contributed by atoms with E-state index in [1.165, 1.54) is 11.3 Å². The molecule has 16 heavy (non-hydrogen) atoms. The van der Waals surface area contributed by atoms with Crippen LogP contribution in [0.3, 0.4) is 0 Å². The molecule has 84 valence electrons. The first-order valence-corrected chi connectivity index (χ1v) is 5.75. The van der Waals surface area contributed by atoms with Crippen LogP contribution in [0.4, 0.5) is 0 Å². The molecule has 0 aromatic carbocycles. The first kappa shape index (κ1) is 11.0. The van der Waals surface area contributed by atoms with E-state index in [-0.39, 0.29) is 0 Å². The van der Waals surface area contributed by atoms with Crippen molar-refractivity contribution in [3.8, 4) is 5.19 Å². The molecule has 0 aliphatic carbocycles. The van der Waals surface area contributed by atoms with Gasteiger partial charge in [-0.1, -0.05) is 17.4 Å². The topological polar surface area (TPSA) is 73.9 Å². The van der Waals surface area contributed by atoms with Crippen LogP contribution in [0.25, 0.3) is 0 Å². The van der Waals surface area contributed by atoms with Gasteiger partial charge in [-0.25, -0.2) is 0 Å². The number of rotatable bonds is 5. The van der Waals surface area contributed by atoms with Gasteiger partial charge in [-0.3, -0.25) is 4.98 Å². The summed E-state index contributed by atoms with van der Waals surface area (Å²) in [4.78, 5) is 4.20. The molecule has 2 N–H and O–H groups in total. The molecule has 5 nitrogen and oxygen atoms in total. The van der Waals surface area contributed by atoms with Crippen molar-refractivity contribution >= 4 is 11.3 Å². The number of aromatic nitrogens is 3. The quantitative estimate of drug-likeness (QED) is 0.838. The fraction of sp³-hybridized carbons (Fsp3) is 0.300.